The van der Waals surface area contributed by atoms with E-state index in [9.17, 15) is 8.42 Å². The zero-order valence-electron chi connectivity index (χ0n) is 11.9. The Bertz CT molecular complexity index is 499. The zero-order valence-corrected chi connectivity index (χ0v) is 13.5. The van der Waals surface area contributed by atoms with Crippen LogP contribution in [0.15, 0.2) is 24.3 Å². The number of sulfone groups is 1. The highest BCUT2D eigenvalue weighted by atomic mass is 35.5. The van der Waals surface area contributed by atoms with Gasteiger partial charge in [-0.15, -0.1) is 0 Å². The van der Waals surface area contributed by atoms with Crippen molar-refractivity contribution in [1.82, 2.24) is 4.90 Å². The summed E-state index contributed by atoms with van der Waals surface area (Å²) in [5.74, 6) is 0.517. The third-order valence-electron chi connectivity index (χ3n) is 3.63. The number of rotatable bonds is 6. The summed E-state index contributed by atoms with van der Waals surface area (Å²) >= 11 is 5.88. The highest BCUT2D eigenvalue weighted by molar-refractivity contribution is 7.90. The second-order valence-electron chi connectivity index (χ2n) is 5.19. The molecule has 0 fully saturated rings. The molecule has 0 unspecified atom stereocenters. The van der Waals surface area contributed by atoms with Gasteiger partial charge in [-0.2, -0.15) is 0 Å². The van der Waals surface area contributed by atoms with E-state index in [4.69, 9.17) is 11.6 Å². The normalized spacial score (nSPS) is 15.5. The molecular formula is C14H22ClNO2S. The highest BCUT2D eigenvalue weighted by Gasteiger charge is 2.19. The highest BCUT2D eigenvalue weighted by Crippen LogP contribution is 2.23. The van der Waals surface area contributed by atoms with Crippen LogP contribution >= 0.6 is 11.6 Å². The molecule has 0 bridgehead atoms. The van der Waals surface area contributed by atoms with Gasteiger partial charge in [0.25, 0.3) is 0 Å². The smallest absolute Gasteiger partial charge is 0.148 e. The van der Waals surface area contributed by atoms with Gasteiger partial charge < -0.3 is 4.90 Å². The van der Waals surface area contributed by atoms with E-state index < -0.39 is 9.84 Å². The third kappa shape index (κ3) is 5.51. The Kier molecular flexibility index (Phi) is 5.83. The lowest BCUT2D eigenvalue weighted by molar-refractivity contribution is 0.244. The van der Waals surface area contributed by atoms with E-state index in [1.165, 1.54) is 11.8 Å². The molecule has 0 heterocycles. The van der Waals surface area contributed by atoms with E-state index in [1.807, 2.05) is 31.3 Å². The molecule has 0 aliphatic heterocycles. The first kappa shape index (κ1) is 16.5. The van der Waals surface area contributed by atoms with Crippen molar-refractivity contribution >= 4 is 21.4 Å². The Balaban J connectivity index is 2.65. The molecule has 1 aromatic rings. The Morgan fingerprint density at radius 3 is 2.21 bits per heavy atom. The minimum atomic E-state index is -2.91. The summed E-state index contributed by atoms with van der Waals surface area (Å²) in [4.78, 5) is 2.08. The van der Waals surface area contributed by atoms with Crippen LogP contribution in [0.5, 0.6) is 0 Å². The fourth-order valence-corrected chi connectivity index (χ4v) is 2.69. The van der Waals surface area contributed by atoms with Gasteiger partial charge in [0.05, 0.1) is 5.75 Å². The molecular weight excluding hydrogens is 282 g/mol. The van der Waals surface area contributed by atoms with Crippen molar-refractivity contribution < 1.29 is 8.42 Å². The average molecular weight is 304 g/mol. The maximum Gasteiger partial charge on any atom is 0.148 e. The van der Waals surface area contributed by atoms with E-state index >= 15 is 0 Å². The average Bonchev–Trinajstić information content (AvgIpc) is 2.34. The predicted molar refractivity (Wildman–Crippen MR) is 81.7 cm³/mol. The molecule has 0 aliphatic carbocycles. The van der Waals surface area contributed by atoms with Crippen molar-refractivity contribution in [2.45, 2.75) is 25.8 Å². The molecule has 108 valence electrons. The van der Waals surface area contributed by atoms with Gasteiger partial charge in [-0.05, 0) is 37.6 Å². The molecule has 0 saturated heterocycles. The number of benzene rings is 1. The van der Waals surface area contributed by atoms with Gasteiger partial charge in [0.1, 0.15) is 9.84 Å². The van der Waals surface area contributed by atoms with Gasteiger partial charge in [0.15, 0.2) is 0 Å². The maximum absolute atomic E-state index is 11.2. The third-order valence-corrected chi connectivity index (χ3v) is 4.81. The van der Waals surface area contributed by atoms with E-state index in [2.05, 4.69) is 18.7 Å². The van der Waals surface area contributed by atoms with Crippen LogP contribution in [0, 0.1) is 0 Å². The number of halogens is 1. The molecule has 0 aromatic heterocycles. The maximum atomic E-state index is 11.2. The van der Waals surface area contributed by atoms with Crippen LogP contribution in [0.4, 0.5) is 0 Å². The Morgan fingerprint density at radius 2 is 1.74 bits per heavy atom. The summed E-state index contributed by atoms with van der Waals surface area (Å²) in [6.07, 6.45) is 1.27. The van der Waals surface area contributed by atoms with E-state index in [1.54, 1.807) is 0 Å². The van der Waals surface area contributed by atoms with E-state index in [-0.39, 0.29) is 11.8 Å². The van der Waals surface area contributed by atoms with Crippen LogP contribution in [-0.2, 0) is 9.84 Å². The van der Waals surface area contributed by atoms with Gasteiger partial charge in [-0.25, -0.2) is 8.42 Å². The van der Waals surface area contributed by atoms with Gasteiger partial charge >= 0.3 is 0 Å². The van der Waals surface area contributed by atoms with Crippen LogP contribution in [0.1, 0.15) is 25.3 Å². The van der Waals surface area contributed by atoms with Gasteiger partial charge in [-0.1, -0.05) is 30.7 Å². The molecule has 3 nitrogen and oxygen atoms in total. The summed E-state index contributed by atoms with van der Waals surface area (Å²) in [6.45, 7) is 4.81. The summed E-state index contributed by atoms with van der Waals surface area (Å²) in [6, 6.07) is 8.08. The first-order chi connectivity index (χ1) is 8.70. The zero-order chi connectivity index (χ0) is 14.6. The van der Waals surface area contributed by atoms with Crippen molar-refractivity contribution in [2.24, 2.45) is 0 Å². The minimum Gasteiger partial charge on any atom is -0.302 e. The van der Waals surface area contributed by atoms with Gasteiger partial charge in [0, 0.05) is 23.9 Å². The standard InChI is InChI=1S/C14H22ClNO2S/c1-11(13-5-7-14(15)8-6-13)12(2)16(3)9-10-19(4,17)18/h5-8,11-12H,9-10H2,1-4H3/t11-,12+/m1/s1. The molecule has 0 saturated carbocycles. The second-order valence-corrected chi connectivity index (χ2v) is 7.89. The van der Waals surface area contributed by atoms with Crippen LogP contribution in [0.2, 0.25) is 5.02 Å². The minimum absolute atomic E-state index is 0.196. The molecule has 1 rings (SSSR count). The fourth-order valence-electron chi connectivity index (χ4n) is 1.94. The number of likely N-dealkylation sites (N-methyl/N-ethyl adjacent to an activating group) is 1. The molecule has 5 heteroatoms. The molecule has 0 spiro atoms. The van der Waals surface area contributed by atoms with Crippen molar-refractivity contribution in [3.05, 3.63) is 34.9 Å². The monoisotopic (exact) mass is 303 g/mol. The van der Waals surface area contributed by atoms with Crippen LogP contribution in [0.3, 0.4) is 0 Å². The van der Waals surface area contributed by atoms with Crippen LogP contribution in [0.25, 0.3) is 0 Å². The first-order valence-electron chi connectivity index (χ1n) is 6.34. The topological polar surface area (TPSA) is 37.4 Å². The Morgan fingerprint density at radius 1 is 1.21 bits per heavy atom. The van der Waals surface area contributed by atoms with E-state index in [0.717, 1.165) is 5.02 Å². The first-order valence-corrected chi connectivity index (χ1v) is 8.78. The number of hydrogen-bond donors (Lipinski definition) is 0. The molecule has 0 aliphatic rings. The molecule has 2 atom stereocenters. The summed E-state index contributed by atoms with van der Waals surface area (Å²) in [7, 11) is -0.947. The predicted octanol–water partition coefficient (Wildman–Crippen LogP) is 2.81. The number of hydrogen-bond acceptors (Lipinski definition) is 3. The molecule has 19 heavy (non-hydrogen) atoms. The van der Waals surface area contributed by atoms with Crippen molar-refractivity contribution in [1.29, 1.82) is 0 Å². The molecule has 0 radical (unpaired) electrons. The van der Waals surface area contributed by atoms with Crippen LogP contribution in [-0.4, -0.2) is 45.0 Å². The SMILES string of the molecule is C[C@@H](c1ccc(Cl)cc1)[C@H](C)N(C)CCS(C)(=O)=O. The number of nitrogens with zero attached hydrogens (tertiary/aromatic N) is 1. The molecule has 0 amide bonds. The van der Waals surface area contributed by atoms with Crippen molar-refractivity contribution in [2.75, 3.05) is 25.6 Å². The van der Waals surface area contributed by atoms with Gasteiger partial charge in [-0.3, -0.25) is 0 Å². The summed E-state index contributed by atoms with van der Waals surface area (Å²) in [5.41, 5.74) is 1.21. The van der Waals surface area contributed by atoms with E-state index in [0.29, 0.717) is 12.5 Å². The Hall–Kier alpha value is -0.580. The van der Waals surface area contributed by atoms with Crippen molar-refractivity contribution in [3.63, 3.8) is 0 Å². The fraction of sp³-hybridized carbons (Fsp3) is 0.571. The summed E-state index contributed by atoms with van der Waals surface area (Å²) < 4.78 is 22.4. The largest absolute Gasteiger partial charge is 0.302 e. The van der Waals surface area contributed by atoms with Crippen LogP contribution < -0.4 is 0 Å². The van der Waals surface area contributed by atoms with Gasteiger partial charge in [0.2, 0.25) is 0 Å². The lowest BCUT2D eigenvalue weighted by Crippen LogP contribution is -2.36. The molecule has 1 aromatic carbocycles. The van der Waals surface area contributed by atoms with Crippen molar-refractivity contribution in [3.8, 4) is 0 Å². The second kappa shape index (κ2) is 6.73. The lowest BCUT2D eigenvalue weighted by Gasteiger charge is -2.30. The summed E-state index contributed by atoms with van der Waals surface area (Å²) in [5, 5.41) is 0.731. The molecule has 0 N–H and O–H groups in total. The Labute approximate surface area is 121 Å². The lowest BCUT2D eigenvalue weighted by atomic mass is 9.93. The quantitative estimate of drug-likeness (QED) is 0.811.